The zero-order valence-electron chi connectivity index (χ0n) is 22.7. The summed E-state index contributed by atoms with van der Waals surface area (Å²) in [6.45, 7) is 7.43. The van der Waals surface area contributed by atoms with Gasteiger partial charge >= 0.3 is 0 Å². The number of hydrogen-bond acceptors (Lipinski definition) is 10. The number of pyridine rings is 1. The van der Waals surface area contributed by atoms with E-state index >= 15 is 0 Å². The van der Waals surface area contributed by atoms with Crippen LogP contribution in [0.5, 0.6) is 0 Å². The first-order chi connectivity index (χ1) is 18.4. The van der Waals surface area contributed by atoms with Crippen LogP contribution in [0.4, 0.5) is 28.7 Å². The summed E-state index contributed by atoms with van der Waals surface area (Å²) < 4.78 is 28.1. The van der Waals surface area contributed by atoms with E-state index in [9.17, 15) is 8.42 Å². The van der Waals surface area contributed by atoms with E-state index in [1.807, 2.05) is 32.9 Å². The molecule has 1 aromatic carbocycles. The van der Waals surface area contributed by atoms with Gasteiger partial charge < -0.3 is 15.6 Å². The highest BCUT2D eigenvalue weighted by Gasteiger charge is 2.20. The maximum atomic E-state index is 12.6. The Morgan fingerprint density at radius 2 is 1.69 bits per heavy atom. The maximum Gasteiger partial charge on any atom is 0.232 e. The quantitative estimate of drug-likeness (QED) is 0.274. The van der Waals surface area contributed by atoms with E-state index in [0.29, 0.717) is 57.3 Å². The van der Waals surface area contributed by atoms with Crippen molar-refractivity contribution < 1.29 is 8.42 Å². The fourth-order valence-electron chi connectivity index (χ4n) is 4.12. The lowest BCUT2D eigenvalue weighted by Crippen LogP contribution is -2.25. The summed E-state index contributed by atoms with van der Waals surface area (Å²) >= 11 is 0. The Balaban J connectivity index is 1.61. The molecular weight excluding hydrogens is 518 g/mol. The highest BCUT2D eigenvalue weighted by Crippen LogP contribution is 2.36. The number of sulfonamides is 1. The van der Waals surface area contributed by atoms with Crippen molar-refractivity contribution in [2.24, 2.45) is 7.05 Å². The first-order valence-electron chi connectivity index (χ1n) is 12.1. The van der Waals surface area contributed by atoms with Crippen LogP contribution in [-0.4, -0.2) is 61.4 Å². The summed E-state index contributed by atoms with van der Waals surface area (Å²) in [5.41, 5.74) is 5.14. The second-order valence-corrected chi connectivity index (χ2v) is 11.3. The zero-order chi connectivity index (χ0) is 28.1. The first kappa shape index (κ1) is 26.0. The van der Waals surface area contributed by atoms with Gasteiger partial charge in [-0.3, -0.25) is 9.29 Å². The minimum atomic E-state index is -3.58. The van der Waals surface area contributed by atoms with Crippen LogP contribution in [0.25, 0.3) is 22.6 Å². The lowest BCUT2D eigenvalue weighted by Gasteiger charge is -2.22. The molecule has 0 bridgehead atoms. The molecule has 202 valence electrons. The van der Waals surface area contributed by atoms with Crippen LogP contribution in [0, 0.1) is 27.7 Å². The van der Waals surface area contributed by atoms with E-state index in [1.54, 1.807) is 37.0 Å². The Kier molecular flexibility index (Phi) is 6.42. The summed E-state index contributed by atoms with van der Waals surface area (Å²) in [5.74, 6) is 2.99. The molecule has 0 aliphatic rings. The van der Waals surface area contributed by atoms with Crippen LogP contribution >= 0.6 is 0 Å². The third-order valence-corrected chi connectivity index (χ3v) is 7.44. The fourth-order valence-corrected chi connectivity index (χ4v) is 4.63. The third kappa shape index (κ3) is 5.23. The molecule has 5 aromatic rings. The van der Waals surface area contributed by atoms with E-state index in [-0.39, 0.29) is 0 Å². The summed E-state index contributed by atoms with van der Waals surface area (Å²) in [4.78, 5) is 25.8. The topological polar surface area (TPSA) is 160 Å². The molecule has 0 saturated carbocycles. The molecule has 39 heavy (non-hydrogen) atoms. The van der Waals surface area contributed by atoms with E-state index in [1.165, 1.54) is 11.4 Å². The minimum Gasteiger partial charge on any atom is -0.352 e. The van der Waals surface area contributed by atoms with Crippen molar-refractivity contribution in [3.8, 4) is 11.4 Å². The molecule has 0 amide bonds. The summed E-state index contributed by atoms with van der Waals surface area (Å²) in [6, 6.07) is 7.24. The average molecular weight is 548 g/mol. The van der Waals surface area contributed by atoms with Crippen molar-refractivity contribution in [3.63, 3.8) is 0 Å². The molecule has 0 radical (unpaired) electrons. The van der Waals surface area contributed by atoms with Gasteiger partial charge in [0, 0.05) is 25.7 Å². The highest BCUT2D eigenvalue weighted by molar-refractivity contribution is 7.92. The zero-order valence-corrected chi connectivity index (χ0v) is 23.5. The average Bonchev–Trinajstić information content (AvgIpc) is 3.41. The third-order valence-electron chi connectivity index (χ3n) is 6.25. The van der Waals surface area contributed by atoms with Crippen LogP contribution in [0.2, 0.25) is 0 Å². The number of benzene rings is 1. The Labute approximate surface area is 225 Å². The van der Waals surface area contributed by atoms with Crippen LogP contribution < -0.4 is 14.9 Å². The molecule has 13 nitrogen and oxygen atoms in total. The molecule has 0 unspecified atom stereocenters. The number of H-pyrrole nitrogens is 1. The lowest BCUT2D eigenvalue weighted by molar-refractivity contribution is 0.600. The number of aryl methyl sites for hydroxylation is 5. The van der Waals surface area contributed by atoms with Gasteiger partial charge in [-0.2, -0.15) is 5.10 Å². The van der Waals surface area contributed by atoms with Gasteiger partial charge in [-0.1, -0.05) is 0 Å². The lowest BCUT2D eigenvalue weighted by atomic mass is 10.1. The van der Waals surface area contributed by atoms with Gasteiger partial charge in [-0.25, -0.2) is 33.0 Å². The van der Waals surface area contributed by atoms with Crippen molar-refractivity contribution in [2.45, 2.75) is 27.7 Å². The molecule has 0 aliphatic carbocycles. The fraction of sp³-hybridized carbons (Fsp3) is 0.280. The Bertz CT molecular complexity index is 1830. The van der Waals surface area contributed by atoms with E-state index in [4.69, 9.17) is 0 Å². The van der Waals surface area contributed by atoms with Crippen LogP contribution in [0.3, 0.4) is 0 Å². The number of imidazole rings is 1. The molecule has 14 heteroatoms. The largest absolute Gasteiger partial charge is 0.352 e. The van der Waals surface area contributed by atoms with E-state index in [0.717, 1.165) is 23.2 Å². The second kappa shape index (κ2) is 9.62. The normalized spacial score (nSPS) is 11.7. The second-order valence-electron chi connectivity index (χ2n) is 9.32. The summed E-state index contributed by atoms with van der Waals surface area (Å²) in [5, 5.41) is 10.9. The van der Waals surface area contributed by atoms with Gasteiger partial charge in [0.05, 0.1) is 40.9 Å². The van der Waals surface area contributed by atoms with Gasteiger partial charge in [0.25, 0.3) is 0 Å². The predicted molar refractivity (Wildman–Crippen MR) is 151 cm³/mol. The number of rotatable bonds is 7. The number of nitrogens with zero attached hydrogens (tertiary/aromatic N) is 8. The molecule has 0 spiro atoms. The molecule has 0 saturated heterocycles. The number of anilines is 5. The molecule has 5 rings (SSSR count). The van der Waals surface area contributed by atoms with Crippen molar-refractivity contribution in [1.29, 1.82) is 0 Å². The monoisotopic (exact) mass is 547 g/mol. The number of fused-ring (bicyclic) bond motifs is 1. The van der Waals surface area contributed by atoms with E-state index in [2.05, 4.69) is 45.6 Å². The van der Waals surface area contributed by atoms with Crippen molar-refractivity contribution in [3.05, 3.63) is 53.5 Å². The smallest absolute Gasteiger partial charge is 0.232 e. The minimum absolute atomic E-state index is 0.433. The summed E-state index contributed by atoms with van der Waals surface area (Å²) in [7, 11) is -0.278. The molecule has 0 aliphatic heterocycles. The van der Waals surface area contributed by atoms with Gasteiger partial charge in [0.15, 0.2) is 11.5 Å². The van der Waals surface area contributed by atoms with Gasteiger partial charge in [0.1, 0.15) is 28.8 Å². The van der Waals surface area contributed by atoms with Gasteiger partial charge in [-0.15, -0.1) is 0 Å². The maximum absolute atomic E-state index is 12.6. The number of aromatic amines is 1. The van der Waals surface area contributed by atoms with Gasteiger partial charge in [0.2, 0.25) is 10.0 Å². The first-order valence-corrected chi connectivity index (χ1v) is 13.9. The molecule has 0 fully saturated rings. The van der Waals surface area contributed by atoms with Crippen molar-refractivity contribution in [1.82, 2.24) is 39.7 Å². The SMILES string of the molecule is Cc1nc(-c2ccc(Nc3cc(Nc4cnc(C)c(C)n4)nc4[nH]c(C)nc34)c(N(C)S(C)(=O)=O)c2)n(C)n1. The number of hydrogen-bond donors (Lipinski definition) is 3. The predicted octanol–water partition coefficient (Wildman–Crippen LogP) is 3.66. The Morgan fingerprint density at radius 1 is 0.923 bits per heavy atom. The molecule has 0 atom stereocenters. The highest BCUT2D eigenvalue weighted by atomic mass is 32.2. The van der Waals surface area contributed by atoms with Crippen LogP contribution in [0.15, 0.2) is 30.5 Å². The van der Waals surface area contributed by atoms with E-state index < -0.39 is 10.0 Å². The van der Waals surface area contributed by atoms with Crippen LogP contribution in [-0.2, 0) is 17.1 Å². The number of aromatic nitrogens is 8. The summed E-state index contributed by atoms with van der Waals surface area (Å²) in [6.07, 6.45) is 2.80. The Morgan fingerprint density at radius 3 is 2.36 bits per heavy atom. The molecule has 4 aromatic heterocycles. The van der Waals surface area contributed by atoms with Gasteiger partial charge in [-0.05, 0) is 45.9 Å². The molecular formula is C25H29N11O2S. The molecule has 3 N–H and O–H groups in total. The van der Waals surface area contributed by atoms with Crippen molar-refractivity contribution >= 4 is 49.9 Å². The van der Waals surface area contributed by atoms with Crippen LogP contribution in [0.1, 0.15) is 23.0 Å². The Hall–Kier alpha value is -4.59. The number of nitrogens with one attached hydrogen (secondary N) is 3. The standard InChI is InChI=1S/C25H29N11O2S/c1-13-14(2)27-22(12-26-13)32-21-11-19(23-24(33-21)29-15(3)28-23)31-18-9-8-17(25-30-16(4)34-35(25)5)10-20(18)36(6)39(7,37)38/h8-12H,1-7H3,(H3,27,28,29,31,32,33). The molecule has 4 heterocycles. The van der Waals surface area contributed by atoms with Crippen molar-refractivity contribution in [2.75, 3.05) is 28.2 Å².